The molecule has 0 fully saturated rings. The topological polar surface area (TPSA) is 0 Å². The predicted octanol–water partition coefficient (Wildman–Crippen LogP) is 6.47. The zero-order chi connectivity index (χ0) is 12.6. The molecule has 0 heterocycles. The van der Waals surface area contributed by atoms with Gasteiger partial charge in [0.2, 0.25) is 0 Å². The molecular weight excluding hydrogens is 204 g/mol. The Morgan fingerprint density at radius 3 is 1.65 bits per heavy atom. The number of hydrogen-bond donors (Lipinski definition) is 0. The van der Waals surface area contributed by atoms with Crippen LogP contribution in [0, 0.1) is 6.92 Å². The molecule has 0 heteroatoms. The molecule has 0 amide bonds. The summed E-state index contributed by atoms with van der Waals surface area (Å²) in [5, 5.41) is 0. The summed E-state index contributed by atoms with van der Waals surface area (Å²) in [5.74, 6) is 0. The van der Waals surface area contributed by atoms with E-state index in [4.69, 9.17) is 0 Å². The van der Waals surface area contributed by atoms with E-state index in [2.05, 4.69) is 26.0 Å². The molecule has 0 aliphatic carbocycles. The SMILES string of the molecule is [CH2]CCCCCCCCC=CCCCCCC. The Labute approximate surface area is 110 Å². The predicted molar refractivity (Wildman–Crippen MR) is 80.2 cm³/mol. The number of allylic oxidation sites excluding steroid dienone is 2. The van der Waals surface area contributed by atoms with Crippen LogP contribution in [-0.4, -0.2) is 0 Å². The Morgan fingerprint density at radius 2 is 1.12 bits per heavy atom. The summed E-state index contributed by atoms with van der Waals surface area (Å²) in [7, 11) is 0. The fourth-order valence-corrected chi connectivity index (χ4v) is 2.07. The molecule has 0 aliphatic heterocycles. The van der Waals surface area contributed by atoms with E-state index in [1.165, 1.54) is 77.0 Å². The summed E-state index contributed by atoms with van der Waals surface area (Å²) in [6.07, 6.45) is 22.4. The first-order chi connectivity index (χ1) is 8.41. The van der Waals surface area contributed by atoms with Crippen LogP contribution in [0.15, 0.2) is 12.2 Å². The molecule has 17 heavy (non-hydrogen) atoms. The number of unbranched alkanes of at least 4 members (excludes halogenated alkanes) is 11. The summed E-state index contributed by atoms with van der Waals surface area (Å²) in [6.45, 7) is 6.14. The van der Waals surface area contributed by atoms with Crippen LogP contribution in [0.5, 0.6) is 0 Å². The fourth-order valence-electron chi connectivity index (χ4n) is 2.07. The molecule has 0 unspecified atom stereocenters. The first kappa shape index (κ1) is 16.7. The maximum atomic E-state index is 3.87. The highest BCUT2D eigenvalue weighted by molar-refractivity contribution is 4.81. The maximum Gasteiger partial charge on any atom is -0.0351 e. The van der Waals surface area contributed by atoms with Gasteiger partial charge in [-0.1, -0.05) is 83.8 Å². The van der Waals surface area contributed by atoms with Gasteiger partial charge < -0.3 is 0 Å². The van der Waals surface area contributed by atoms with Gasteiger partial charge in [-0.3, -0.25) is 0 Å². The minimum atomic E-state index is 1.11. The van der Waals surface area contributed by atoms with Gasteiger partial charge in [0.25, 0.3) is 0 Å². The van der Waals surface area contributed by atoms with Crippen molar-refractivity contribution in [2.45, 2.75) is 90.4 Å². The molecule has 0 aromatic heterocycles. The van der Waals surface area contributed by atoms with Crippen molar-refractivity contribution in [2.75, 3.05) is 0 Å². The van der Waals surface area contributed by atoms with Gasteiger partial charge in [-0.15, -0.1) is 0 Å². The largest absolute Gasteiger partial charge is 0.0885 e. The second-order valence-electron chi connectivity index (χ2n) is 5.08. The molecular formula is C17H33. The zero-order valence-electron chi connectivity index (χ0n) is 12.1. The third kappa shape index (κ3) is 15.7. The fraction of sp³-hybridized carbons (Fsp3) is 0.824. The van der Waals surface area contributed by atoms with E-state index < -0.39 is 0 Å². The highest BCUT2D eigenvalue weighted by Crippen LogP contribution is 2.09. The minimum Gasteiger partial charge on any atom is -0.0885 e. The Morgan fingerprint density at radius 1 is 0.647 bits per heavy atom. The summed E-state index contributed by atoms with van der Waals surface area (Å²) in [4.78, 5) is 0. The van der Waals surface area contributed by atoms with Crippen LogP contribution in [0.25, 0.3) is 0 Å². The van der Waals surface area contributed by atoms with Crippen molar-refractivity contribution in [3.8, 4) is 0 Å². The van der Waals surface area contributed by atoms with Crippen molar-refractivity contribution in [1.29, 1.82) is 0 Å². The van der Waals surface area contributed by atoms with Gasteiger partial charge in [-0.25, -0.2) is 0 Å². The molecule has 0 rings (SSSR count). The van der Waals surface area contributed by atoms with E-state index in [9.17, 15) is 0 Å². The van der Waals surface area contributed by atoms with Crippen molar-refractivity contribution in [3.63, 3.8) is 0 Å². The summed E-state index contributed by atoms with van der Waals surface area (Å²) < 4.78 is 0. The summed E-state index contributed by atoms with van der Waals surface area (Å²) >= 11 is 0. The third-order valence-corrected chi connectivity index (χ3v) is 3.26. The van der Waals surface area contributed by atoms with Crippen molar-refractivity contribution in [3.05, 3.63) is 19.1 Å². The van der Waals surface area contributed by atoms with Crippen molar-refractivity contribution >= 4 is 0 Å². The molecule has 0 bridgehead atoms. The molecule has 101 valence electrons. The number of rotatable bonds is 13. The Balaban J connectivity index is 2.99. The van der Waals surface area contributed by atoms with Gasteiger partial charge in [0, 0.05) is 0 Å². The van der Waals surface area contributed by atoms with Gasteiger partial charge in [0.05, 0.1) is 0 Å². The Bertz CT molecular complexity index is 146. The van der Waals surface area contributed by atoms with Gasteiger partial charge in [-0.2, -0.15) is 0 Å². The van der Waals surface area contributed by atoms with Crippen LogP contribution in [0.4, 0.5) is 0 Å². The van der Waals surface area contributed by atoms with Crippen molar-refractivity contribution < 1.29 is 0 Å². The average molecular weight is 237 g/mol. The summed E-state index contributed by atoms with van der Waals surface area (Å²) in [5.41, 5.74) is 0. The van der Waals surface area contributed by atoms with Crippen LogP contribution in [0.1, 0.15) is 90.4 Å². The molecule has 0 saturated heterocycles. The molecule has 0 atom stereocenters. The third-order valence-electron chi connectivity index (χ3n) is 3.26. The quantitative estimate of drug-likeness (QED) is 0.254. The molecule has 0 aromatic rings. The van der Waals surface area contributed by atoms with Crippen LogP contribution in [0.3, 0.4) is 0 Å². The first-order valence-corrected chi connectivity index (χ1v) is 7.86. The second kappa shape index (κ2) is 15.7. The van der Waals surface area contributed by atoms with Crippen LogP contribution in [-0.2, 0) is 0 Å². The van der Waals surface area contributed by atoms with Crippen molar-refractivity contribution in [1.82, 2.24) is 0 Å². The van der Waals surface area contributed by atoms with E-state index in [1.54, 1.807) is 0 Å². The first-order valence-electron chi connectivity index (χ1n) is 7.86. The molecule has 0 nitrogen and oxygen atoms in total. The minimum absolute atomic E-state index is 1.11. The van der Waals surface area contributed by atoms with Gasteiger partial charge in [-0.05, 0) is 25.7 Å². The van der Waals surface area contributed by atoms with Gasteiger partial charge >= 0.3 is 0 Å². The highest BCUT2D eigenvalue weighted by Gasteiger charge is 1.89. The lowest BCUT2D eigenvalue weighted by molar-refractivity contribution is 0.599. The monoisotopic (exact) mass is 237 g/mol. The van der Waals surface area contributed by atoms with E-state index in [-0.39, 0.29) is 0 Å². The van der Waals surface area contributed by atoms with E-state index in [0.717, 1.165) is 6.42 Å². The molecule has 1 radical (unpaired) electrons. The van der Waals surface area contributed by atoms with Crippen molar-refractivity contribution in [2.24, 2.45) is 0 Å². The zero-order valence-corrected chi connectivity index (χ0v) is 12.1. The molecule has 0 aromatic carbocycles. The Kier molecular flexibility index (Phi) is 15.5. The normalized spacial score (nSPS) is 11.4. The van der Waals surface area contributed by atoms with Gasteiger partial charge in [0.1, 0.15) is 0 Å². The van der Waals surface area contributed by atoms with E-state index >= 15 is 0 Å². The number of hydrogen-bond acceptors (Lipinski definition) is 0. The summed E-state index contributed by atoms with van der Waals surface area (Å²) in [6, 6.07) is 0. The van der Waals surface area contributed by atoms with Crippen LogP contribution < -0.4 is 0 Å². The van der Waals surface area contributed by atoms with Crippen LogP contribution >= 0.6 is 0 Å². The smallest absolute Gasteiger partial charge is 0.0351 e. The molecule has 0 N–H and O–H groups in total. The van der Waals surface area contributed by atoms with E-state index in [0.29, 0.717) is 0 Å². The van der Waals surface area contributed by atoms with Crippen LogP contribution in [0.2, 0.25) is 0 Å². The molecule has 0 spiro atoms. The molecule has 0 saturated carbocycles. The lowest BCUT2D eigenvalue weighted by atomic mass is 10.1. The lowest BCUT2D eigenvalue weighted by Gasteiger charge is -1.99. The molecule has 0 aliphatic rings. The highest BCUT2D eigenvalue weighted by atomic mass is 14.0. The van der Waals surface area contributed by atoms with Gasteiger partial charge in [0.15, 0.2) is 0 Å². The average Bonchev–Trinajstić information content (AvgIpc) is 2.35. The standard InChI is InChI=1S/C17H33/c1-3-5-7-9-11-13-15-17-16-14-12-10-8-6-4-2/h14,16H,1,3-13,15,17H2,2H3. The lowest BCUT2D eigenvalue weighted by Crippen LogP contribution is -1.79. The van der Waals surface area contributed by atoms with E-state index in [1.807, 2.05) is 0 Å². The Hall–Kier alpha value is -0.260. The second-order valence-corrected chi connectivity index (χ2v) is 5.08. The maximum absolute atomic E-state index is 3.87.